The zero-order chi connectivity index (χ0) is 14.3. The smallest absolute Gasteiger partial charge is 0.265 e. The van der Waals surface area contributed by atoms with Crippen LogP contribution in [-0.4, -0.2) is 18.6 Å². The van der Waals surface area contributed by atoms with Crippen LogP contribution in [0.3, 0.4) is 0 Å². The molecule has 8 heteroatoms. The molecule has 1 aromatic carbocycles. The number of hydrogen-bond acceptors (Lipinski definition) is 4. The predicted octanol–water partition coefficient (Wildman–Crippen LogP) is 2.92. The number of fused-ring (bicyclic) bond motifs is 1. The maximum absolute atomic E-state index is 12.3. The number of aryl methyl sites for hydroxylation is 1. The first-order valence-corrected chi connectivity index (χ1v) is 7.54. The summed E-state index contributed by atoms with van der Waals surface area (Å²) in [5, 5.41) is 4.70. The van der Waals surface area contributed by atoms with E-state index in [1.807, 2.05) is 0 Å². The predicted molar refractivity (Wildman–Crippen MR) is 75.4 cm³/mol. The molecule has 0 radical (unpaired) electrons. The quantitative estimate of drug-likeness (QED) is 0.778. The lowest BCUT2D eigenvalue weighted by atomic mass is 10.2. The second-order valence-electron chi connectivity index (χ2n) is 4.27. The zero-order valence-corrected chi connectivity index (χ0v) is 11.9. The highest BCUT2D eigenvalue weighted by atomic mass is 35.5. The number of nitrogens with zero attached hydrogens (tertiary/aromatic N) is 1. The summed E-state index contributed by atoms with van der Waals surface area (Å²) in [5.41, 5.74) is 0.647. The van der Waals surface area contributed by atoms with Gasteiger partial charge in [0.25, 0.3) is 10.0 Å². The first-order valence-electron chi connectivity index (χ1n) is 5.68. The van der Waals surface area contributed by atoms with E-state index < -0.39 is 10.0 Å². The molecule has 3 rings (SSSR count). The van der Waals surface area contributed by atoms with E-state index in [1.165, 1.54) is 12.3 Å². The molecule has 0 aliphatic heterocycles. The van der Waals surface area contributed by atoms with Gasteiger partial charge in [0.2, 0.25) is 0 Å². The zero-order valence-electron chi connectivity index (χ0n) is 10.3. The van der Waals surface area contributed by atoms with Crippen LogP contribution in [0.4, 0.5) is 5.82 Å². The Bertz CT molecular complexity index is 882. The maximum Gasteiger partial charge on any atom is 0.265 e. The van der Waals surface area contributed by atoms with E-state index in [0.29, 0.717) is 21.7 Å². The summed E-state index contributed by atoms with van der Waals surface area (Å²) in [6, 6.07) is 6.45. The SMILES string of the molecule is Cc1cc(NS(=O)(=O)c2c[nH]c3cc(Cl)ccc23)no1. The Balaban J connectivity index is 2.05. The van der Waals surface area contributed by atoms with Crippen LogP contribution in [0.2, 0.25) is 5.02 Å². The van der Waals surface area contributed by atoms with Crippen molar-refractivity contribution in [3.63, 3.8) is 0 Å². The van der Waals surface area contributed by atoms with Gasteiger partial charge in [-0.15, -0.1) is 0 Å². The lowest BCUT2D eigenvalue weighted by Crippen LogP contribution is -2.12. The second kappa shape index (κ2) is 4.53. The van der Waals surface area contributed by atoms with Gasteiger partial charge in [0.05, 0.1) is 0 Å². The molecule has 2 N–H and O–H groups in total. The fraction of sp³-hybridized carbons (Fsp3) is 0.0833. The monoisotopic (exact) mass is 311 g/mol. The van der Waals surface area contributed by atoms with Crippen molar-refractivity contribution in [2.75, 3.05) is 4.72 Å². The number of nitrogens with one attached hydrogen (secondary N) is 2. The minimum atomic E-state index is -3.74. The summed E-state index contributed by atoms with van der Waals surface area (Å²) in [6.07, 6.45) is 1.41. The summed E-state index contributed by atoms with van der Waals surface area (Å²) in [7, 11) is -3.74. The molecule has 0 unspecified atom stereocenters. The molecular formula is C12H10ClN3O3S. The van der Waals surface area contributed by atoms with E-state index in [9.17, 15) is 8.42 Å². The van der Waals surface area contributed by atoms with Gasteiger partial charge in [-0.25, -0.2) is 8.42 Å². The van der Waals surface area contributed by atoms with E-state index in [4.69, 9.17) is 16.1 Å². The molecule has 0 bridgehead atoms. The number of aromatic amines is 1. The number of rotatable bonds is 3. The number of benzene rings is 1. The van der Waals surface area contributed by atoms with Crippen molar-refractivity contribution >= 4 is 38.3 Å². The Morgan fingerprint density at radius 2 is 2.15 bits per heavy atom. The average Bonchev–Trinajstić information content (AvgIpc) is 2.94. The Kier molecular flexibility index (Phi) is 2.95. The Hall–Kier alpha value is -1.99. The molecule has 0 amide bonds. The molecule has 0 saturated carbocycles. The lowest BCUT2D eigenvalue weighted by molar-refractivity contribution is 0.400. The van der Waals surface area contributed by atoms with Gasteiger partial charge in [-0.1, -0.05) is 16.8 Å². The highest BCUT2D eigenvalue weighted by Gasteiger charge is 2.20. The van der Waals surface area contributed by atoms with Gasteiger partial charge < -0.3 is 9.51 Å². The van der Waals surface area contributed by atoms with Gasteiger partial charge in [-0.3, -0.25) is 4.72 Å². The molecule has 20 heavy (non-hydrogen) atoms. The molecule has 2 heterocycles. The number of sulfonamides is 1. The van der Waals surface area contributed by atoms with Crippen LogP contribution in [0.5, 0.6) is 0 Å². The molecule has 0 atom stereocenters. The van der Waals surface area contributed by atoms with Crippen LogP contribution in [0, 0.1) is 6.92 Å². The van der Waals surface area contributed by atoms with Crippen molar-refractivity contribution in [2.45, 2.75) is 11.8 Å². The highest BCUT2D eigenvalue weighted by molar-refractivity contribution is 7.93. The van der Waals surface area contributed by atoms with Crippen LogP contribution in [0.25, 0.3) is 10.9 Å². The van der Waals surface area contributed by atoms with Gasteiger partial charge in [0.15, 0.2) is 5.82 Å². The minimum Gasteiger partial charge on any atom is -0.360 e. The van der Waals surface area contributed by atoms with Crippen molar-refractivity contribution in [1.82, 2.24) is 10.1 Å². The van der Waals surface area contributed by atoms with E-state index in [0.717, 1.165) is 0 Å². The molecule has 0 fully saturated rings. The van der Waals surface area contributed by atoms with Crippen LogP contribution >= 0.6 is 11.6 Å². The number of hydrogen-bond donors (Lipinski definition) is 2. The summed E-state index contributed by atoms with van der Waals surface area (Å²) in [5.74, 6) is 0.666. The van der Waals surface area contributed by atoms with E-state index in [1.54, 1.807) is 25.1 Å². The Morgan fingerprint density at radius 1 is 1.35 bits per heavy atom. The minimum absolute atomic E-state index is 0.129. The van der Waals surface area contributed by atoms with Crippen LogP contribution < -0.4 is 4.72 Å². The molecule has 104 valence electrons. The Morgan fingerprint density at radius 3 is 2.85 bits per heavy atom. The normalized spacial score (nSPS) is 11.9. The summed E-state index contributed by atoms with van der Waals surface area (Å²) >= 11 is 5.87. The van der Waals surface area contributed by atoms with Crippen molar-refractivity contribution in [3.8, 4) is 0 Å². The standard InChI is InChI=1S/C12H10ClN3O3S/c1-7-4-12(15-19-7)16-20(17,18)11-6-14-10-5-8(13)2-3-9(10)11/h2-6,14H,1H3,(H,15,16). The summed E-state index contributed by atoms with van der Waals surface area (Å²) < 4.78 is 31.8. The van der Waals surface area contributed by atoms with Gasteiger partial charge in [-0.05, 0) is 25.1 Å². The number of aromatic nitrogens is 2. The molecule has 0 aliphatic rings. The molecule has 0 saturated heterocycles. The molecular weight excluding hydrogens is 302 g/mol. The fourth-order valence-corrected chi connectivity index (χ4v) is 3.24. The number of H-pyrrole nitrogens is 1. The van der Waals surface area contributed by atoms with Crippen molar-refractivity contribution in [1.29, 1.82) is 0 Å². The third kappa shape index (κ3) is 2.25. The first kappa shape index (κ1) is 13.0. The molecule has 6 nitrogen and oxygen atoms in total. The third-order valence-corrected chi connectivity index (χ3v) is 4.39. The Labute approximate surface area is 119 Å². The molecule has 2 aromatic heterocycles. The largest absolute Gasteiger partial charge is 0.360 e. The van der Waals surface area contributed by atoms with E-state index >= 15 is 0 Å². The van der Waals surface area contributed by atoms with Crippen LogP contribution in [0.1, 0.15) is 5.76 Å². The number of halogens is 1. The maximum atomic E-state index is 12.3. The lowest BCUT2D eigenvalue weighted by Gasteiger charge is -2.03. The van der Waals surface area contributed by atoms with Gasteiger partial charge >= 0.3 is 0 Å². The number of anilines is 1. The molecule has 0 aliphatic carbocycles. The average molecular weight is 312 g/mol. The van der Waals surface area contributed by atoms with Gasteiger partial charge in [0.1, 0.15) is 10.7 Å². The van der Waals surface area contributed by atoms with E-state index in [-0.39, 0.29) is 10.7 Å². The first-order chi connectivity index (χ1) is 9.45. The third-order valence-electron chi connectivity index (χ3n) is 2.76. The molecule has 0 spiro atoms. The van der Waals surface area contributed by atoms with Crippen LogP contribution in [-0.2, 0) is 10.0 Å². The highest BCUT2D eigenvalue weighted by Crippen LogP contribution is 2.26. The van der Waals surface area contributed by atoms with Crippen molar-refractivity contribution < 1.29 is 12.9 Å². The van der Waals surface area contributed by atoms with E-state index in [2.05, 4.69) is 14.9 Å². The van der Waals surface area contributed by atoms with Crippen molar-refractivity contribution in [2.24, 2.45) is 0 Å². The molecule has 3 aromatic rings. The van der Waals surface area contributed by atoms with Gasteiger partial charge in [0, 0.05) is 28.2 Å². The second-order valence-corrected chi connectivity index (χ2v) is 6.36. The van der Waals surface area contributed by atoms with Crippen LogP contribution in [0.15, 0.2) is 39.9 Å². The fourth-order valence-electron chi connectivity index (χ4n) is 1.90. The van der Waals surface area contributed by atoms with Crippen molar-refractivity contribution in [3.05, 3.63) is 41.2 Å². The summed E-state index contributed by atoms with van der Waals surface area (Å²) in [4.78, 5) is 3.01. The summed E-state index contributed by atoms with van der Waals surface area (Å²) in [6.45, 7) is 1.68. The van der Waals surface area contributed by atoms with Gasteiger partial charge in [-0.2, -0.15) is 0 Å². The topological polar surface area (TPSA) is 88.0 Å².